The number of aliphatic carboxylic acids is 1. The van der Waals surface area contributed by atoms with Crippen molar-refractivity contribution in [3.8, 4) is 0 Å². The van der Waals surface area contributed by atoms with Crippen LogP contribution in [-0.2, 0) is 11.8 Å². The summed E-state index contributed by atoms with van der Waals surface area (Å²) in [5.41, 5.74) is 0.822. The van der Waals surface area contributed by atoms with Crippen molar-refractivity contribution in [3.63, 3.8) is 0 Å². The van der Waals surface area contributed by atoms with Crippen molar-refractivity contribution in [2.45, 2.75) is 25.2 Å². The predicted molar refractivity (Wildman–Crippen MR) is 95.7 cm³/mol. The maximum atomic E-state index is 12.8. The minimum Gasteiger partial charge on any atom is -0.481 e. The Morgan fingerprint density at radius 3 is 2.65 bits per heavy atom. The molecule has 3 atom stereocenters. The quantitative estimate of drug-likeness (QED) is 0.920. The molecule has 6 nitrogen and oxygen atoms in total. The smallest absolute Gasteiger partial charge is 0.311 e. The van der Waals surface area contributed by atoms with Gasteiger partial charge in [-0.15, -0.1) is 0 Å². The molecular formula is C20H23N3O3. The molecule has 1 N–H and O–H groups in total. The Kier molecular flexibility index (Phi) is 4.05. The van der Waals surface area contributed by atoms with E-state index in [1.165, 1.54) is 5.56 Å². The molecule has 1 amide bonds. The lowest BCUT2D eigenvalue weighted by molar-refractivity contribution is -0.152. The molecule has 1 saturated heterocycles. The van der Waals surface area contributed by atoms with Gasteiger partial charge in [-0.25, -0.2) is 0 Å². The van der Waals surface area contributed by atoms with Crippen LogP contribution >= 0.6 is 0 Å². The van der Waals surface area contributed by atoms with Crippen molar-refractivity contribution in [1.29, 1.82) is 0 Å². The molecule has 136 valence electrons. The number of aryl methyl sites for hydroxylation is 1. The highest BCUT2D eigenvalue weighted by molar-refractivity contribution is 5.93. The number of aromatic nitrogens is 2. The highest BCUT2D eigenvalue weighted by atomic mass is 16.4. The minimum absolute atomic E-state index is 0.0216. The average molecular weight is 353 g/mol. The fourth-order valence-corrected chi connectivity index (χ4v) is 4.67. The molecule has 26 heavy (non-hydrogen) atoms. The van der Waals surface area contributed by atoms with Gasteiger partial charge < -0.3 is 10.0 Å². The Labute approximate surface area is 152 Å². The van der Waals surface area contributed by atoms with Crippen molar-refractivity contribution in [1.82, 2.24) is 14.7 Å². The number of benzene rings is 1. The number of amides is 1. The third kappa shape index (κ3) is 2.69. The number of hydrogen-bond acceptors (Lipinski definition) is 3. The van der Waals surface area contributed by atoms with Gasteiger partial charge in [0.25, 0.3) is 5.91 Å². The van der Waals surface area contributed by atoms with Crippen LogP contribution in [0.4, 0.5) is 0 Å². The molecule has 1 aromatic heterocycles. The summed E-state index contributed by atoms with van der Waals surface area (Å²) in [6.45, 7) is 0.773. The maximum absolute atomic E-state index is 12.8. The number of carbonyl (C=O) groups excluding carboxylic acids is 1. The van der Waals surface area contributed by atoms with E-state index >= 15 is 0 Å². The molecular weight excluding hydrogens is 330 g/mol. The largest absolute Gasteiger partial charge is 0.481 e. The third-order valence-electron chi connectivity index (χ3n) is 6.12. The second kappa shape index (κ2) is 6.27. The van der Waals surface area contributed by atoms with Gasteiger partial charge in [0.15, 0.2) is 0 Å². The summed E-state index contributed by atoms with van der Waals surface area (Å²) in [5.74, 6) is -0.604. The molecule has 0 radical (unpaired) electrons. The molecule has 1 aliphatic heterocycles. The molecule has 0 bridgehead atoms. The van der Waals surface area contributed by atoms with E-state index in [1.807, 2.05) is 18.2 Å². The summed E-state index contributed by atoms with van der Waals surface area (Å²) in [6, 6.07) is 12.0. The maximum Gasteiger partial charge on any atom is 0.311 e. The molecule has 4 rings (SSSR count). The monoisotopic (exact) mass is 353 g/mol. The topological polar surface area (TPSA) is 75.4 Å². The first kappa shape index (κ1) is 16.8. The van der Waals surface area contributed by atoms with Crippen LogP contribution in [-0.4, -0.2) is 44.8 Å². The zero-order valence-corrected chi connectivity index (χ0v) is 14.8. The third-order valence-corrected chi connectivity index (χ3v) is 6.12. The molecule has 2 aromatic rings. The Morgan fingerprint density at radius 1 is 1.23 bits per heavy atom. The first-order chi connectivity index (χ1) is 12.5. The number of likely N-dealkylation sites (tertiary alicyclic amines) is 1. The Balaban J connectivity index is 1.57. The minimum atomic E-state index is -0.824. The average Bonchev–Trinajstić information content (AvgIpc) is 3.25. The molecule has 0 spiro atoms. The van der Waals surface area contributed by atoms with Gasteiger partial charge in [-0.2, -0.15) is 5.10 Å². The van der Waals surface area contributed by atoms with E-state index in [0.717, 1.165) is 12.8 Å². The van der Waals surface area contributed by atoms with E-state index in [9.17, 15) is 14.7 Å². The summed E-state index contributed by atoms with van der Waals surface area (Å²) in [4.78, 5) is 26.6. The van der Waals surface area contributed by atoms with Crippen LogP contribution in [0.3, 0.4) is 0 Å². The summed E-state index contributed by atoms with van der Waals surface area (Å²) in [7, 11) is 1.77. The van der Waals surface area contributed by atoms with Gasteiger partial charge in [0.1, 0.15) is 5.69 Å². The lowest BCUT2D eigenvalue weighted by Gasteiger charge is -2.38. The molecule has 1 saturated carbocycles. The molecule has 6 heteroatoms. The van der Waals surface area contributed by atoms with Crippen molar-refractivity contribution >= 4 is 11.9 Å². The van der Waals surface area contributed by atoms with Gasteiger partial charge in [0, 0.05) is 26.3 Å². The van der Waals surface area contributed by atoms with Crippen LogP contribution in [0.15, 0.2) is 42.6 Å². The van der Waals surface area contributed by atoms with Crippen LogP contribution in [0.5, 0.6) is 0 Å². The Bertz CT molecular complexity index is 832. The van der Waals surface area contributed by atoms with Crippen LogP contribution in [0.2, 0.25) is 0 Å². The predicted octanol–water partition coefficient (Wildman–Crippen LogP) is 2.53. The van der Waals surface area contributed by atoms with Crippen molar-refractivity contribution < 1.29 is 14.7 Å². The van der Waals surface area contributed by atoms with E-state index in [-0.39, 0.29) is 18.4 Å². The second-order valence-electron chi connectivity index (χ2n) is 7.60. The van der Waals surface area contributed by atoms with Gasteiger partial charge in [0.05, 0.1) is 5.41 Å². The van der Waals surface area contributed by atoms with Gasteiger partial charge in [0.2, 0.25) is 0 Å². The fourth-order valence-electron chi connectivity index (χ4n) is 4.67. The number of nitrogens with zero attached hydrogens (tertiary/aromatic N) is 3. The van der Waals surface area contributed by atoms with Gasteiger partial charge in [-0.1, -0.05) is 30.3 Å². The van der Waals surface area contributed by atoms with Crippen LogP contribution in [0, 0.1) is 11.3 Å². The number of carboxylic acid groups (broad SMARTS) is 1. The zero-order chi connectivity index (χ0) is 18.3. The SMILES string of the molecule is Cn1ccc(C(=O)N2C[C@H]3C[C@H](c4ccccc4)CC[C@@]3(C(=O)O)C2)n1. The summed E-state index contributed by atoms with van der Waals surface area (Å²) >= 11 is 0. The molecule has 2 heterocycles. The van der Waals surface area contributed by atoms with E-state index in [0.29, 0.717) is 24.6 Å². The Morgan fingerprint density at radius 2 is 2.00 bits per heavy atom. The van der Waals surface area contributed by atoms with Gasteiger partial charge in [-0.05, 0) is 42.7 Å². The summed E-state index contributed by atoms with van der Waals surface area (Å²) in [6.07, 6.45) is 3.99. The molecule has 0 unspecified atom stereocenters. The molecule has 2 aliphatic rings. The number of hydrogen-bond donors (Lipinski definition) is 1. The van der Waals surface area contributed by atoms with Crippen molar-refractivity contribution in [2.75, 3.05) is 13.1 Å². The second-order valence-corrected chi connectivity index (χ2v) is 7.60. The molecule has 1 aliphatic carbocycles. The summed E-state index contributed by atoms with van der Waals surface area (Å²) < 4.78 is 1.59. The molecule has 1 aromatic carbocycles. The first-order valence-corrected chi connectivity index (χ1v) is 9.07. The standard InChI is InChI=1S/C20H23N3O3/c1-22-10-8-17(21-22)18(24)23-12-16-11-15(14-5-3-2-4-6-14)7-9-20(16,13-23)19(25)26/h2-6,8,10,15-16H,7,9,11-13H2,1H3,(H,25,26)/t15-,16-,20-/m1/s1. The van der Waals surface area contributed by atoms with Crippen LogP contribution in [0.25, 0.3) is 0 Å². The van der Waals surface area contributed by atoms with E-state index in [2.05, 4.69) is 17.2 Å². The van der Waals surface area contributed by atoms with Crippen LogP contribution in [0.1, 0.15) is 41.2 Å². The van der Waals surface area contributed by atoms with Gasteiger partial charge in [-0.3, -0.25) is 14.3 Å². The lowest BCUT2D eigenvalue weighted by atomic mass is 9.64. The lowest BCUT2D eigenvalue weighted by Crippen LogP contribution is -2.43. The van der Waals surface area contributed by atoms with Crippen molar-refractivity contribution in [2.24, 2.45) is 18.4 Å². The highest BCUT2D eigenvalue weighted by Gasteiger charge is 2.56. The van der Waals surface area contributed by atoms with Crippen LogP contribution < -0.4 is 0 Å². The van der Waals surface area contributed by atoms with Crippen molar-refractivity contribution in [3.05, 3.63) is 53.9 Å². The van der Waals surface area contributed by atoms with E-state index in [4.69, 9.17) is 0 Å². The first-order valence-electron chi connectivity index (χ1n) is 9.07. The number of rotatable bonds is 3. The van der Waals surface area contributed by atoms with Gasteiger partial charge >= 0.3 is 5.97 Å². The molecule has 2 fully saturated rings. The zero-order valence-electron chi connectivity index (χ0n) is 14.8. The normalized spacial score (nSPS) is 28.0. The number of fused-ring (bicyclic) bond motifs is 1. The highest BCUT2D eigenvalue weighted by Crippen LogP contribution is 2.51. The number of carbonyl (C=O) groups is 2. The van der Waals surface area contributed by atoms with E-state index in [1.54, 1.807) is 28.9 Å². The van der Waals surface area contributed by atoms with E-state index < -0.39 is 11.4 Å². The fraction of sp³-hybridized carbons (Fsp3) is 0.450. The Hall–Kier alpha value is -2.63. The summed E-state index contributed by atoms with van der Waals surface area (Å²) in [5, 5.41) is 14.2. The number of carboxylic acids is 1.